The lowest BCUT2D eigenvalue weighted by molar-refractivity contribution is -0.115. The maximum atomic E-state index is 12.3. The SMILES string of the molecule is COc1ccc(NC(C)=O)cc1NC(=O)CNC(C)c1ccccc1Cl. The van der Waals surface area contributed by atoms with Crippen LogP contribution in [0.1, 0.15) is 25.5 Å². The average molecular weight is 376 g/mol. The minimum atomic E-state index is -0.234. The van der Waals surface area contributed by atoms with Crippen LogP contribution < -0.4 is 20.7 Å². The highest BCUT2D eigenvalue weighted by atomic mass is 35.5. The zero-order valence-electron chi connectivity index (χ0n) is 14.9. The van der Waals surface area contributed by atoms with Gasteiger partial charge in [-0.15, -0.1) is 0 Å². The Labute approximate surface area is 157 Å². The average Bonchev–Trinajstić information content (AvgIpc) is 2.60. The van der Waals surface area contributed by atoms with Gasteiger partial charge in [0.1, 0.15) is 5.75 Å². The number of carbonyl (C=O) groups excluding carboxylic acids is 2. The largest absolute Gasteiger partial charge is 0.495 e. The monoisotopic (exact) mass is 375 g/mol. The van der Waals surface area contributed by atoms with Crippen LogP contribution in [0.2, 0.25) is 5.02 Å². The number of carbonyl (C=O) groups is 2. The Morgan fingerprint density at radius 3 is 2.54 bits per heavy atom. The van der Waals surface area contributed by atoms with E-state index in [0.717, 1.165) is 5.56 Å². The summed E-state index contributed by atoms with van der Waals surface area (Å²) in [7, 11) is 1.51. The van der Waals surface area contributed by atoms with Gasteiger partial charge < -0.3 is 20.7 Å². The molecule has 0 radical (unpaired) electrons. The zero-order valence-corrected chi connectivity index (χ0v) is 15.7. The molecule has 6 nitrogen and oxygen atoms in total. The van der Waals surface area contributed by atoms with E-state index in [1.807, 2.05) is 31.2 Å². The molecule has 7 heteroatoms. The number of halogens is 1. The Hall–Kier alpha value is -2.57. The smallest absolute Gasteiger partial charge is 0.238 e. The van der Waals surface area contributed by atoms with Crippen LogP contribution in [0.5, 0.6) is 5.75 Å². The molecule has 2 aromatic rings. The van der Waals surface area contributed by atoms with E-state index in [0.29, 0.717) is 22.1 Å². The first-order chi connectivity index (χ1) is 12.4. The van der Waals surface area contributed by atoms with Gasteiger partial charge in [0.25, 0.3) is 0 Å². The highest BCUT2D eigenvalue weighted by Crippen LogP contribution is 2.28. The Bertz CT molecular complexity index is 795. The van der Waals surface area contributed by atoms with Gasteiger partial charge in [0.2, 0.25) is 11.8 Å². The quantitative estimate of drug-likeness (QED) is 0.690. The predicted octanol–water partition coefficient (Wildman–Crippen LogP) is 3.60. The first kappa shape index (κ1) is 19.8. The molecular formula is C19H22ClN3O3. The van der Waals surface area contributed by atoms with Gasteiger partial charge in [-0.2, -0.15) is 0 Å². The number of hydrogen-bond donors (Lipinski definition) is 3. The summed E-state index contributed by atoms with van der Waals surface area (Å²) in [6.45, 7) is 3.45. The van der Waals surface area contributed by atoms with Crippen LogP contribution in [0, 0.1) is 0 Å². The number of anilines is 2. The molecule has 0 spiro atoms. The summed E-state index contributed by atoms with van der Waals surface area (Å²) < 4.78 is 5.25. The molecule has 0 aliphatic rings. The summed E-state index contributed by atoms with van der Waals surface area (Å²) in [6.07, 6.45) is 0. The van der Waals surface area contributed by atoms with Gasteiger partial charge in [0.05, 0.1) is 19.3 Å². The van der Waals surface area contributed by atoms with Crippen molar-refractivity contribution in [2.75, 3.05) is 24.3 Å². The summed E-state index contributed by atoms with van der Waals surface area (Å²) in [4.78, 5) is 23.5. The van der Waals surface area contributed by atoms with Crippen LogP contribution in [-0.4, -0.2) is 25.5 Å². The number of ether oxygens (including phenoxy) is 1. The fourth-order valence-corrected chi connectivity index (χ4v) is 2.76. The van der Waals surface area contributed by atoms with Gasteiger partial charge >= 0.3 is 0 Å². The molecule has 0 aromatic heterocycles. The highest BCUT2D eigenvalue weighted by Gasteiger charge is 2.13. The minimum Gasteiger partial charge on any atom is -0.495 e. The van der Waals surface area contributed by atoms with Crippen molar-refractivity contribution >= 4 is 34.8 Å². The maximum Gasteiger partial charge on any atom is 0.238 e. The number of amides is 2. The number of hydrogen-bond acceptors (Lipinski definition) is 4. The molecule has 0 heterocycles. The van der Waals surface area contributed by atoms with Gasteiger partial charge in [-0.3, -0.25) is 9.59 Å². The fraction of sp³-hybridized carbons (Fsp3) is 0.263. The first-order valence-corrected chi connectivity index (χ1v) is 8.51. The maximum absolute atomic E-state index is 12.3. The molecule has 0 aliphatic carbocycles. The molecular weight excluding hydrogens is 354 g/mol. The molecule has 2 rings (SSSR count). The molecule has 0 fully saturated rings. The summed E-state index contributed by atoms with van der Waals surface area (Å²) >= 11 is 6.17. The van der Waals surface area contributed by atoms with Gasteiger partial charge in [-0.25, -0.2) is 0 Å². The second kappa shape index (κ2) is 9.22. The van der Waals surface area contributed by atoms with Crippen molar-refractivity contribution in [3.63, 3.8) is 0 Å². The van der Waals surface area contributed by atoms with Crippen molar-refractivity contribution in [2.45, 2.75) is 19.9 Å². The predicted molar refractivity (Wildman–Crippen MR) is 104 cm³/mol. The van der Waals surface area contributed by atoms with Gasteiger partial charge in [0, 0.05) is 23.7 Å². The summed E-state index contributed by atoms with van der Waals surface area (Å²) in [5, 5.41) is 9.24. The van der Waals surface area contributed by atoms with Crippen LogP contribution in [-0.2, 0) is 9.59 Å². The van der Waals surface area contributed by atoms with Crippen LogP contribution in [0.3, 0.4) is 0 Å². The number of methoxy groups -OCH3 is 1. The molecule has 1 unspecified atom stereocenters. The Morgan fingerprint density at radius 1 is 1.15 bits per heavy atom. The summed E-state index contributed by atoms with van der Waals surface area (Å²) in [5.41, 5.74) is 1.98. The Kier molecular flexibility index (Phi) is 7.00. The number of rotatable bonds is 7. The van der Waals surface area contributed by atoms with E-state index in [1.165, 1.54) is 14.0 Å². The van der Waals surface area contributed by atoms with E-state index in [9.17, 15) is 9.59 Å². The first-order valence-electron chi connectivity index (χ1n) is 8.14. The lowest BCUT2D eigenvalue weighted by atomic mass is 10.1. The topological polar surface area (TPSA) is 79.5 Å². The molecule has 0 aliphatic heterocycles. The number of nitrogens with one attached hydrogen (secondary N) is 3. The molecule has 138 valence electrons. The van der Waals surface area contributed by atoms with E-state index >= 15 is 0 Å². The van der Waals surface area contributed by atoms with Crippen molar-refractivity contribution in [2.24, 2.45) is 0 Å². The van der Waals surface area contributed by atoms with Crippen molar-refractivity contribution in [3.8, 4) is 5.75 Å². The number of benzene rings is 2. The summed E-state index contributed by atoms with van der Waals surface area (Å²) in [5.74, 6) is 0.0801. The molecule has 2 amide bonds. The van der Waals surface area contributed by atoms with Crippen molar-refractivity contribution < 1.29 is 14.3 Å². The van der Waals surface area contributed by atoms with Crippen LogP contribution in [0.25, 0.3) is 0 Å². The van der Waals surface area contributed by atoms with Gasteiger partial charge in [0.15, 0.2) is 0 Å². The summed E-state index contributed by atoms with van der Waals surface area (Å²) in [6, 6.07) is 12.4. The van der Waals surface area contributed by atoms with Gasteiger partial charge in [-0.1, -0.05) is 29.8 Å². The second-order valence-electron chi connectivity index (χ2n) is 5.77. The van der Waals surface area contributed by atoms with Crippen LogP contribution in [0.4, 0.5) is 11.4 Å². The van der Waals surface area contributed by atoms with E-state index < -0.39 is 0 Å². The zero-order chi connectivity index (χ0) is 19.1. The molecule has 0 saturated carbocycles. The molecule has 1 atom stereocenters. The van der Waals surface area contributed by atoms with Crippen LogP contribution in [0.15, 0.2) is 42.5 Å². The van der Waals surface area contributed by atoms with E-state index in [2.05, 4.69) is 16.0 Å². The minimum absolute atomic E-state index is 0.0814. The highest BCUT2D eigenvalue weighted by molar-refractivity contribution is 6.31. The molecule has 0 bridgehead atoms. The van der Waals surface area contributed by atoms with Crippen molar-refractivity contribution in [3.05, 3.63) is 53.1 Å². The standard InChI is InChI=1S/C19H22ClN3O3/c1-12(15-6-4-5-7-16(15)20)21-11-19(25)23-17-10-14(22-13(2)24)8-9-18(17)26-3/h4-10,12,21H,11H2,1-3H3,(H,22,24)(H,23,25). The Morgan fingerprint density at radius 2 is 1.88 bits per heavy atom. The lowest BCUT2D eigenvalue weighted by Gasteiger charge is -2.16. The third-order valence-corrected chi connectivity index (χ3v) is 4.08. The second-order valence-corrected chi connectivity index (χ2v) is 6.18. The lowest BCUT2D eigenvalue weighted by Crippen LogP contribution is -2.30. The Balaban J connectivity index is 2.00. The van der Waals surface area contributed by atoms with Crippen LogP contribution >= 0.6 is 11.6 Å². The van der Waals surface area contributed by atoms with Gasteiger partial charge in [-0.05, 0) is 36.8 Å². The van der Waals surface area contributed by atoms with E-state index in [1.54, 1.807) is 18.2 Å². The normalized spacial score (nSPS) is 11.5. The fourth-order valence-electron chi connectivity index (χ4n) is 2.46. The molecule has 2 aromatic carbocycles. The molecule has 0 saturated heterocycles. The third kappa shape index (κ3) is 5.47. The van der Waals surface area contributed by atoms with Crippen molar-refractivity contribution in [1.82, 2.24) is 5.32 Å². The third-order valence-electron chi connectivity index (χ3n) is 3.73. The molecule has 3 N–H and O–H groups in total. The van der Waals surface area contributed by atoms with E-state index in [-0.39, 0.29) is 24.4 Å². The molecule has 26 heavy (non-hydrogen) atoms. The van der Waals surface area contributed by atoms with Crippen molar-refractivity contribution in [1.29, 1.82) is 0 Å². The van der Waals surface area contributed by atoms with E-state index in [4.69, 9.17) is 16.3 Å².